The van der Waals surface area contributed by atoms with Crippen LogP contribution in [0.4, 0.5) is 5.69 Å². The summed E-state index contributed by atoms with van der Waals surface area (Å²) in [7, 11) is 0. The van der Waals surface area contributed by atoms with Gasteiger partial charge >= 0.3 is 0 Å². The third kappa shape index (κ3) is 2.64. The Hall–Kier alpha value is -2.15. The van der Waals surface area contributed by atoms with E-state index in [0.717, 1.165) is 31.2 Å². The molecule has 1 fully saturated rings. The van der Waals surface area contributed by atoms with Crippen molar-refractivity contribution >= 4 is 11.5 Å². The minimum atomic E-state index is -0.558. The molecule has 1 saturated carbocycles. The molecule has 3 rings (SSSR count). The van der Waals surface area contributed by atoms with E-state index in [9.17, 15) is 10.1 Å². The number of hydrogen-bond acceptors (Lipinski definition) is 6. The maximum Gasteiger partial charge on any atom is 0.269 e. The molecular weight excluding hydrogens is 284 g/mol. The summed E-state index contributed by atoms with van der Waals surface area (Å²) in [4.78, 5) is 16.0. The molecular formula is C15H20N4O3. The fraction of sp³-hybridized carbons (Fsp3) is 0.533. The quantitative estimate of drug-likeness (QED) is 0.515. The number of nitro benzene ring substituents is 1. The predicted octanol–water partition coefficient (Wildman–Crippen LogP) is 2.90. The van der Waals surface area contributed by atoms with E-state index in [4.69, 9.17) is 10.7 Å². The number of hydrogen-bond donors (Lipinski definition) is 1. The first-order valence-corrected chi connectivity index (χ1v) is 7.68. The summed E-state index contributed by atoms with van der Waals surface area (Å²) in [5.41, 5.74) is 0.219. The highest BCUT2D eigenvalue weighted by atomic mass is 16.7. The standard InChI is InChI=1S/C15H20N4O3/c16-18-14(12-6-8-13(9-7-12)19(20)21)17-22-15(18)10-4-2-1-3-5-11-15/h6-9H,1-5,10-11,16H2. The molecule has 1 aromatic rings. The third-order valence-corrected chi connectivity index (χ3v) is 4.44. The van der Waals surface area contributed by atoms with E-state index < -0.39 is 10.6 Å². The zero-order chi connectivity index (χ0) is 15.6. The lowest BCUT2D eigenvalue weighted by atomic mass is 9.93. The summed E-state index contributed by atoms with van der Waals surface area (Å²) < 4.78 is 0. The minimum Gasteiger partial charge on any atom is -0.364 e. The van der Waals surface area contributed by atoms with Gasteiger partial charge in [0.1, 0.15) is 0 Å². The zero-order valence-electron chi connectivity index (χ0n) is 12.4. The highest BCUT2D eigenvalue weighted by molar-refractivity contribution is 5.99. The SMILES string of the molecule is NN1C(c2ccc([N+](=O)[O-])cc2)=NOC12CCCCCCC2. The first-order valence-electron chi connectivity index (χ1n) is 7.68. The van der Waals surface area contributed by atoms with Gasteiger partial charge in [0, 0.05) is 30.5 Å². The van der Waals surface area contributed by atoms with Crippen LogP contribution < -0.4 is 5.84 Å². The Bertz CT molecular complexity index is 577. The summed E-state index contributed by atoms with van der Waals surface area (Å²) >= 11 is 0. The van der Waals surface area contributed by atoms with Gasteiger partial charge in [-0.2, -0.15) is 0 Å². The van der Waals surface area contributed by atoms with E-state index in [1.54, 1.807) is 17.1 Å². The van der Waals surface area contributed by atoms with Crippen LogP contribution in [0.5, 0.6) is 0 Å². The van der Waals surface area contributed by atoms with Crippen LogP contribution >= 0.6 is 0 Å². The van der Waals surface area contributed by atoms with Crippen LogP contribution in [0.2, 0.25) is 0 Å². The van der Waals surface area contributed by atoms with Crippen LogP contribution in [-0.4, -0.2) is 21.5 Å². The van der Waals surface area contributed by atoms with Gasteiger partial charge in [-0.05, 0) is 25.0 Å². The molecule has 7 nitrogen and oxygen atoms in total. The Morgan fingerprint density at radius 2 is 1.73 bits per heavy atom. The Morgan fingerprint density at radius 3 is 2.32 bits per heavy atom. The van der Waals surface area contributed by atoms with Crippen LogP contribution in [0.15, 0.2) is 29.4 Å². The second kappa shape index (κ2) is 5.92. The van der Waals surface area contributed by atoms with E-state index in [0.29, 0.717) is 5.84 Å². The van der Waals surface area contributed by atoms with Gasteiger partial charge in [0.2, 0.25) is 5.72 Å². The fourth-order valence-electron chi connectivity index (χ4n) is 3.12. The summed E-state index contributed by atoms with van der Waals surface area (Å²) in [6, 6.07) is 6.22. The van der Waals surface area contributed by atoms with Crippen LogP contribution in [-0.2, 0) is 4.84 Å². The number of nitrogens with zero attached hydrogens (tertiary/aromatic N) is 3. The number of nitrogens with two attached hydrogens (primary N) is 1. The molecule has 2 aliphatic rings. The number of benzene rings is 1. The van der Waals surface area contributed by atoms with Crippen LogP contribution in [0.3, 0.4) is 0 Å². The van der Waals surface area contributed by atoms with Crippen molar-refractivity contribution in [3.63, 3.8) is 0 Å². The van der Waals surface area contributed by atoms with Gasteiger partial charge in [-0.25, -0.2) is 10.9 Å². The summed E-state index contributed by atoms with van der Waals surface area (Å²) in [6.07, 6.45) is 7.47. The molecule has 1 spiro atoms. The molecule has 0 atom stereocenters. The lowest BCUT2D eigenvalue weighted by Gasteiger charge is -2.35. The highest BCUT2D eigenvalue weighted by Gasteiger charge is 2.44. The second-order valence-corrected chi connectivity index (χ2v) is 5.89. The third-order valence-electron chi connectivity index (χ3n) is 4.44. The van der Waals surface area contributed by atoms with Crippen LogP contribution in [0.25, 0.3) is 0 Å². The van der Waals surface area contributed by atoms with Crippen molar-refractivity contribution in [1.29, 1.82) is 0 Å². The van der Waals surface area contributed by atoms with Gasteiger partial charge in [-0.3, -0.25) is 10.1 Å². The molecule has 0 unspecified atom stereocenters. The van der Waals surface area contributed by atoms with Crippen LogP contribution in [0.1, 0.15) is 50.5 Å². The molecule has 118 valence electrons. The maximum atomic E-state index is 10.7. The van der Waals surface area contributed by atoms with Crippen molar-refractivity contribution in [3.05, 3.63) is 39.9 Å². The molecule has 0 aromatic heterocycles. The molecule has 0 saturated heterocycles. The van der Waals surface area contributed by atoms with Crippen molar-refractivity contribution in [1.82, 2.24) is 5.01 Å². The van der Waals surface area contributed by atoms with E-state index in [1.165, 1.54) is 31.4 Å². The number of oxime groups is 1. The van der Waals surface area contributed by atoms with E-state index in [-0.39, 0.29) is 5.69 Å². The molecule has 1 heterocycles. The average molecular weight is 304 g/mol. The average Bonchev–Trinajstić information content (AvgIpc) is 2.81. The predicted molar refractivity (Wildman–Crippen MR) is 81.8 cm³/mol. The fourth-order valence-corrected chi connectivity index (χ4v) is 3.12. The molecule has 2 N–H and O–H groups in total. The van der Waals surface area contributed by atoms with Crippen molar-refractivity contribution in [3.8, 4) is 0 Å². The molecule has 7 heteroatoms. The largest absolute Gasteiger partial charge is 0.364 e. The summed E-state index contributed by atoms with van der Waals surface area (Å²) in [5, 5.41) is 16.5. The monoisotopic (exact) mass is 304 g/mol. The Balaban J connectivity index is 1.79. The van der Waals surface area contributed by atoms with Crippen molar-refractivity contribution in [2.45, 2.75) is 50.7 Å². The normalized spacial score (nSPS) is 21.0. The zero-order valence-corrected chi connectivity index (χ0v) is 12.4. The number of nitro groups is 1. The lowest BCUT2D eigenvalue weighted by molar-refractivity contribution is -0.384. The van der Waals surface area contributed by atoms with E-state index in [1.807, 2.05) is 0 Å². The Morgan fingerprint density at radius 1 is 1.14 bits per heavy atom. The van der Waals surface area contributed by atoms with Gasteiger partial charge < -0.3 is 4.84 Å². The topological polar surface area (TPSA) is 94.0 Å². The molecule has 0 amide bonds. The lowest BCUT2D eigenvalue weighted by Crippen LogP contribution is -2.53. The molecule has 1 aromatic carbocycles. The van der Waals surface area contributed by atoms with Gasteiger partial charge in [0.25, 0.3) is 5.69 Å². The van der Waals surface area contributed by atoms with Crippen LogP contribution in [0, 0.1) is 10.1 Å². The van der Waals surface area contributed by atoms with Gasteiger partial charge in [-0.15, -0.1) is 0 Å². The summed E-state index contributed by atoms with van der Waals surface area (Å²) in [5.74, 6) is 6.82. The molecule has 0 radical (unpaired) electrons. The summed E-state index contributed by atoms with van der Waals surface area (Å²) in [6.45, 7) is 0. The maximum absolute atomic E-state index is 10.7. The van der Waals surface area contributed by atoms with Gasteiger partial charge in [0.05, 0.1) is 4.92 Å². The molecule has 0 bridgehead atoms. The first kappa shape index (κ1) is 14.8. The van der Waals surface area contributed by atoms with E-state index in [2.05, 4.69) is 5.16 Å². The van der Waals surface area contributed by atoms with Gasteiger partial charge in [-0.1, -0.05) is 24.4 Å². The molecule has 1 aliphatic heterocycles. The molecule has 22 heavy (non-hydrogen) atoms. The number of amidine groups is 1. The van der Waals surface area contributed by atoms with Gasteiger partial charge in [0.15, 0.2) is 5.84 Å². The highest BCUT2D eigenvalue weighted by Crippen LogP contribution is 2.36. The Kier molecular flexibility index (Phi) is 3.98. The van der Waals surface area contributed by atoms with Crippen molar-refractivity contribution < 1.29 is 9.76 Å². The van der Waals surface area contributed by atoms with Crippen molar-refractivity contribution in [2.75, 3.05) is 0 Å². The number of hydrazine groups is 1. The smallest absolute Gasteiger partial charge is 0.269 e. The second-order valence-electron chi connectivity index (χ2n) is 5.89. The molecule has 1 aliphatic carbocycles. The van der Waals surface area contributed by atoms with E-state index >= 15 is 0 Å². The Labute approximate surface area is 128 Å². The van der Waals surface area contributed by atoms with Crippen molar-refractivity contribution in [2.24, 2.45) is 11.0 Å². The first-order chi connectivity index (χ1) is 10.6. The number of non-ortho nitro benzene ring substituents is 1. The number of rotatable bonds is 2. The minimum absolute atomic E-state index is 0.0486.